The molecule has 2 rings (SSSR count). The fraction of sp³-hybridized carbons (Fsp3) is 0.600. The van der Waals surface area contributed by atoms with Gasteiger partial charge in [-0.05, 0) is 43.2 Å². The number of hydrogen-bond donors (Lipinski definition) is 0. The van der Waals surface area contributed by atoms with Crippen molar-refractivity contribution in [3.63, 3.8) is 0 Å². The van der Waals surface area contributed by atoms with Crippen molar-refractivity contribution >= 4 is 11.6 Å². The van der Waals surface area contributed by atoms with Crippen LogP contribution in [0.4, 0.5) is 0 Å². The van der Waals surface area contributed by atoms with Crippen LogP contribution in [0.2, 0.25) is 0 Å². The molecule has 18 heavy (non-hydrogen) atoms. The highest BCUT2D eigenvalue weighted by atomic mass is 35.5. The summed E-state index contributed by atoms with van der Waals surface area (Å²) in [6.07, 6.45) is 4.80. The SMILES string of the molecule is COc1ccccc1CC(CCl)CC1CCCO1. The fourth-order valence-electron chi connectivity index (χ4n) is 2.59. The van der Waals surface area contributed by atoms with E-state index in [1.807, 2.05) is 12.1 Å². The predicted octanol–water partition coefficient (Wildman–Crippen LogP) is 3.66. The number of methoxy groups -OCH3 is 1. The van der Waals surface area contributed by atoms with Crippen LogP contribution in [0.25, 0.3) is 0 Å². The third-order valence-electron chi connectivity index (χ3n) is 3.54. The Hall–Kier alpha value is -0.730. The van der Waals surface area contributed by atoms with Gasteiger partial charge in [0.2, 0.25) is 0 Å². The zero-order valence-electron chi connectivity index (χ0n) is 10.9. The van der Waals surface area contributed by atoms with E-state index in [4.69, 9.17) is 21.1 Å². The van der Waals surface area contributed by atoms with Gasteiger partial charge in [-0.25, -0.2) is 0 Å². The standard InChI is InChI=1S/C15H21ClO2/c1-17-15-7-3-2-5-13(15)9-12(11-16)10-14-6-4-8-18-14/h2-3,5,7,12,14H,4,6,8-11H2,1H3. The number of alkyl halides is 1. The smallest absolute Gasteiger partial charge is 0.122 e. The summed E-state index contributed by atoms with van der Waals surface area (Å²) in [4.78, 5) is 0. The third-order valence-corrected chi connectivity index (χ3v) is 3.98. The predicted molar refractivity (Wildman–Crippen MR) is 74.5 cm³/mol. The molecule has 0 bridgehead atoms. The minimum atomic E-state index is 0.406. The van der Waals surface area contributed by atoms with E-state index in [-0.39, 0.29) is 0 Å². The highest BCUT2D eigenvalue weighted by molar-refractivity contribution is 6.18. The number of ether oxygens (including phenoxy) is 2. The summed E-state index contributed by atoms with van der Waals surface area (Å²) in [7, 11) is 1.72. The first-order valence-electron chi connectivity index (χ1n) is 6.63. The Labute approximate surface area is 114 Å². The molecule has 1 aromatic rings. The average molecular weight is 269 g/mol. The van der Waals surface area contributed by atoms with Crippen molar-refractivity contribution in [3.8, 4) is 5.75 Å². The molecule has 2 atom stereocenters. The summed E-state index contributed by atoms with van der Waals surface area (Å²) in [5.41, 5.74) is 1.24. The van der Waals surface area contributed by atoms with Crippen LogP contribution in [0.15, 0.2) is 24.3 Å². The maximum absolute atomic E-state index is 6.10. The highest BCUT2D eigenvalue weighted by Crippen LogP contribution is 2.26. The minimum Gasteiger partial charge on any atom is -0.496 e. The summed E-state index contributed by atoms with van der Waals surface area (Å²) in [6.45, 7) is 0.911. The summed E-state index contributed by atoms with van der Waals surface area (Å²) >= 11 is 6.10. The van der Waals surface area contributed by atoms with Gasteiger partial charge in [0.1, 0.15) is 5.75 Å². The number of rotatable bonds is 6. The van der Waals surface area contributed by atoms with Crippen LogP contribution in [-0.4, -0.2) is 25.7 Å². The fourth-order valence-corrected chi connectivity index (χ4v) is 2.82. The van der Waals surface area contributed by atoms with Crippen molar-refractivity contribution in [1.29, 1.82) is 0 Å². The number of benzene rings is 1. The molecule has 1 aromatic carbocycles. The molecular weight excluding hydrogens is 248 g/mol. The molecular formula is C15H21ClO2. The Morgan fingerprint density at radius 3 is 2.94 bits per heavy atom. The lowest BCUT2D eigenvalue weighted by Gasteiger charge is -2.19. The molecule has 0 spiro atoms. The number of halogens is 1. The third kappa shape index (κ3) is 3.63. The second-order valence-electron chi connectivity index (χ2n) is 4.91. The van der Waals surface area contributed by atoms with E-state index in [0.29, 0.717) is 17.9 Å². The molecule has 0 saturated carbocycles. The Morgan fingerprint density at radius 2 is 2.28 bits per heavy atom. The van der Waals surface area contributed by atoms with Crippen molar-refractivity contribution in [2.24, 2.45) is 5.92 Å². The van der Waals surface area contributed by atoms with Crippen LogP contribution in [0.1, 0.15) is 24.8 Å². The van der Waals surface area contributed by atoms with E-state index >= 15 is 0 Å². The average Bonchev–Trinajstić information content (AvgIpc) is 2.91. The van der Waals surface area contributed by atoms with Crippen molar-refractivity contribution in [2.45, 2.75) is 31.8 Å². The van der Waals surface area contributed by atoms with Crippen LogP contribution in [0.3, 0.4) is 0 Å². The van der Waals surface area contributed by atoms with Gasteiger partial charge in [0.15, 0.2) is 0 Å². The Balaban J connectivity index is 1.96. The quantitative estimate of drug-likeness (QED) is 0.733. The van der Waals surface area contributed by atoms with Gasteiger partial charge in [0.05, 0.1) is 13.2 Å². The van der Waals surface area contributed by atoms with Crippen LogP contribution in [-0.2, 0) is 11.2 Å². The van der Waals surface area contributed by atoms with E-state index in [2.05, 4.69) is 12.1 Å². The second-order valence-corrected chi connectivity index (χ2v) is 5.22. The number of para-hydroxylation sites is 1. The zero-order chi connectivity index (χ0) is 12.8. The normalized spacial score (nSPS) is 20.9. The topological polar surface area (TPSA) is 18.5 Å². The first kappa shape index (κ1) is 13.7. The van der Waals surface area contributed by atoms with Crippen LogP contribution < -0.4 is 4.74 Å². The first-order chi connectivity index (χ1) is 8.83. The molecule has 1 saturated heterocycles. The van der Waals surface area contributed by atoms with Gasteiger partial charge < -0.3 is 9.47 Å². The molecule has 2 unspecified atom stereocenters. The molecule has 0 aliphatic carbocycles. The van der Waals surface area contributed by atoms with Crippen molar-refractivity contribution < 1.29 is 9.47 Å². The summed E-state index contributed by atoms with van der Waals surface area (Å²) in [5.74, 6) is 2.10. The van der Waals surface area contributed by atoms with Gasteiger partial charge in [0, 0.05) is 12.5 Å². The highest BCUT2D eigenvalue weighted by Gasteiger charge is 2.21. The van der Waals surface area contributed by atoms with Crippen LogP contribution in [0, 0.1) is 5.92 Å². The lowest BCUT2D eigenvalue weighted by Crippen LogP contribution is -2.16. The van der Waals surface area contributed by atoms with E-state index in [9.17, 15) is 0 Å². The van der Waals surface area contributed by atoms with Gasteiger partial charge in [-0.2, -0.15) is 0 Å². The van der Waals surface area contributed by atoms with E-state index in [1.54, 1.807) is 7.11 Å². The van der Waals surface area contributed by atoms with Crippen LogP contribution >= 0.6 is 11.6 Å². The molecule has 1 heterocycles. The molecule has 100 valence electrons. The molecule has 0 aromatic heterocycles. The zero-order valence-corrected chi connectivity index (χ0v) is 11.7. The largest absolute Gasteiger partial charge is 0.496 e. The molecule has 0 amide bonds. The van der Waals surface area contributed by atoms with Gasteiger partial charge in [-0.1, -0.05) is 18.2 Å². The lowest BCUT2D eigenvalue weighted by molar-refractivity contribution is 0.0921. The molecule has 2 nitrogen and oxygen atoms in total. The maximum atomic E-state index is 6.10. The van der Waals surface area contributed by atoms with E-state index < -0.39 is 0 Å². The van der Waals surface area contributed by atoms with Crippen molar-refractivity contribution in [1.82, 2.24) is 0 Å². The van der Waals surface area contributed by atoms with Crippen molar-refractivity contribution in [3.05, 3.63) is 29.8 Å². The molecule has 1 aliphatic heterocycles. The molecule has 3 heteroatoms. The molecule has 0 N–H and O–H groups in total. The molecule has 1 aliphatic rings. The van der Waals surface area contributed by atoms with Crippen molar-refractivity contribution in [2.75, 3.05) is 19.6 Å². The van der Waals surface area contributed by atoms with Crippen LogP contribution in [0.5, 0.6) is 5.75 Å². The van der Waals surface area contributed by atoms with E-state index in [0.717, 1.165) is 25.2 Å². The summed E-state index contributed by atoms with van der Waals surface area (Å²) in [5, 5.41) is 0. The Kier molecular flexibility index (Phi) is 5.33. The minimum absolute atomic E-state index is 0.406. The molecule has 0 radical (unpaired) electrons. The Bertz CT molecular complexity index is 361. The summed E-state index contributed by atoms with van der Waals surface area (Å²) < 4.78 is 11.1. The number of hydrogen-bond acceptors (Lipinski definition) is 2. The maximum Gasteiger partial charge on any atom is 0.122 e. The van der Waals surface area contributed by atoms with Gasteiger partial charge in [-0.3, -0.25) is 0 Å². The van der Waals surface area contributed by atoms with Gasteiger partial charge in [-0.15, -0.1) is 11.6 Å². The Morgan fingerprint density at radius 1 is 1.44 bits per heavy atom. The van der Waals surface area contributed by atoms with Gasteiger partial charge in [0.25, 0.3) is 0 Å². The first-order valence-corrected chi connectivity index (χ1v) is 7.16. The lowest BCUT2D eigenvalue weighted by atomic mass is 9.94. The second kappa shape index (κ2) is 7.01. The summed E-state index contributed by atoms with van der Waals surface area (Å²) in [6, 6.07) is 8.17. The molecule has 1 fully saturated rings. The van der Waals surface area contributed by atoms with Gasteiger partial charge >= 0.3 is 0 Å². The monoisotopic (exact) mass is 268 g/mol. The van der Waals surface area contributed by atoms with E-state index in [1.165, 1.54) is 18.4 Å².